The summed E-state index contributed by atoms with van der Waals surface area (Å²) in [5.74, 6) is -0.964. The number of rotatable bonds is 42. The van der Waals surface area contributed by atoms with Crippen LogP contribution in [0.4, 0.5) is 0 Å². The van der Waals surface area contributed by atoms with Gasteiger partial charge in [-0.25, -0.2) is 4.57 Å². The van der Waals surface area contributed by atoms with Gasteiger partial charge in [-0.15, -0.1) is 0 Å². The van der Waals surface area contributed by atoms with Crippen LogP contribution in [0.15, 0.2) is 48.6 Å². The predicted octanol–water partition coefficient (Wildman–Crippen LogP) is 13.3. The van der Waals surface area contributed by atoms with Gasteiger partial charge in [0.2, 0.25) is 0 Å². The lowest BCUT2D eigenvalue weighted by Crippen LogP contribution is -2.29. The topological polar surface area (TPSA) is 140 Å². The highest BCUT2D eigenvalue weighted by atomic mass is 31.2. The molecule has 0 aromatic heterocycles. The molecule has 2 atom stereocenters. The lowest BCUT2D eigenvalue weighted by molar-refractivity contribution is -0.161. The number of ether oxygens (including phenoxy) is 2. The Hall–Kier alpha value is -2.03. The van der Waals surface area contributed by atoms with Gasteiger partial charge < -0.3 is 24.4 Å². The van der Waals surface area contributed by atoms with E-state index in [0.29, 0.717) is 25.7 Å². The standard InChI is InChI=1S/C47H85O9P/c1-3-5-6-7-8-9-10-11-12-13-14-15-16-17-18-21-25-28-31-34-37-41-47(50)56-45(43-55-57(51,52)53)42-54-46(49)40-36-33-30-27-24-22-19-20-23-26-29-32-35-39-44(48)38-4-2/h19,22-23,26-27,30,32,35,44-45,48H,3-18,20-21,24-25,28-29,31,33-34,36-43H2,1-2H3,(H2,51,52,53)/b22-19-,26-23-,30-27-,35-32-/t44?,45-/m1/s1. The molecule has 0 saturated heterocycles. The summed E-state index contributed by atoms with van der Waals surface area (Å²) in [5.41, 5.74) is 0. The summed E-state index contributed by atoms with van der Waals surface area (Å²) >= 11 is 0. The maximum Gasteiger partial charge on any atom is 0.469 e. The van der Waals surface area contributed by atoms with E-state index in [1.54, 1.807) is 0 Å². The summed E-state index contributed by atoms with van der Waals surface area (Å²) in [6.07, 6.45) is 49.1. The molecule has 0 saturated carbocycles. The molecule has 0 aliphatic rings. The Kier molecular flexibility index (Phi) is 40.6. The summed E-state index contributed by atoms with van der Waals surface area (Å²) in [4.78, 5) is 42.9. The Bertz CT molecular complexity index is 1080. The average Bonchev–Trinajstić information content (AvgIpc) is 3.17. The minimum absolute atomic E-state index is 0.177. The molecule has 332 valence electrons. The number of esters is 2. The van der Waals surface area contributed by atoms with E-state index in [4.69, 9.17) is 19.3 Å². The molecule has 0 fully saturated rings. The number of aliphatic hydroxyl groups is 1. The molecule has 10 heteroatoms. The van der Waals surface area contributed by atoms with Crippen LogP contribution in [0.2, 0.25) is 0 Å². The highest BCUT2D eigenvalue weighted by Gasteiger charge is 2.22. The van der Waals surface area contributed by atoms with Crippen LogP contribution in [0, 0.1) is 0 Å². The third kappa shape index (κ3) is 44.9. The number of hydrogen-bond donors (Lipinski definition) is 3. The van der Waals surface area contributed by atoms with E-state index in [9.17, 15) is 19.3 Å². The molecule has 0 amide bonds. The summed E-state index contributed by atoms with van der Waals surface area (Å²) in [6, 6.07) is 0. The summed E-state index contributed by atoms with van der Waals surface area (Å²) < 4.78 is 26.4. The quantitative estimate of drug-likeness (QED) is 0.0237. The second-order valence-electron chi connectivity index (χ2n) is 15.6. The van der Waals surface area contributed by atoms with Gasteiger partial charge in [-0.1, -0.05) is 197 Å². The highest BCUT2D eigenvalue weighted by molar-refractivity contribution is 7.46. The normalized spacial score (nSPS) is 13.4. The van der Waals surface area contributed by atoms with Crippen LogP contribution in [0.25, 0.3) is 0 Å². The number of aliphatic hydroxyl groups excluding tert-OH is 1. The van der Waals surface area contributed by atoms with Crippen molar-refractivity contribution in [2.24, 2.45) is 0 Å². The smallest absolute Gasteiger partial charge is 0.462 e. The van der Waals surface area contributed by atoms with Gasteiger partial charge in [-0.05, 0) is 51.4 Å². The second-order valence-corrected chi connectivity index (χ2v) is 16.8. The fourth-order valence-electron chi connectivity index (χ4n) is 6.50. The van der Waals surface area contributed by atoms with Gasteiger partial charge in [0.15, 0.2) is 6.10 Å². The molecule has 3 N–H and O–H groups in total. The molecule has 0 aliphatic carbocycles. The van der Waals surface area contributed by atoms with Crippen molar-refractivity contribution in [1.29, 1.82) is 0 Å². The lowest BCUT2D eigenvalue weighted by Gasteiger charge is -2.18. The van der Waals surface area contributed by atoms with Crippen LogP contribution < -0.4 is 0 Å². The van der Waals surface area contributed by atoms with E-state index < -0.39 is 32.5 Å². The third-order valence-electron chi connectivity index (χ3n) is 9.91. The first-order chi connectivity index (χ1) is 27.7. The maximum atomic E-state index is 12.4. The first-order valence-corrected chi connectivity index (χ1v) is 24.5. The first-order valence-electron chi connectivity index (χ1n) is 23.0. The number of unbranched alkanes of at least 4 members (excludes halogenated alkanes) is 21. The van der Waals surface area contributed by atoms with Crippen LogP contribution in [0.1, 0.15) is 213 Å². The Labute approximate surface area is 348 Å². The number of allylic oxidation sites excluding steroid dienone is 7. The molecule has 0 radical (unpaired) electrons. The maximum absolute atomic E-state index is 12.4. The lowest BCUT2D eigenvalue weighted by atomic mass is 10.0. The molecule has 9 nitrogen and oxygen atoms in total. The van der Waals surface area contributed by atoms with Crippen molar-refractivity contribution < 1.29 is 43.0 Å². The van der Waals surface area contributed by atoms with Crippen molar-refractivity contribution >= 4 is 19.8 Å². The van der Waals surface area contributed by atoms with Crippen LogP contribution in [-0.4, -0.2) is 52.3 Å². The van der Waals surface area contributed by atoms with Gasteiger partial charge in [-0.2, -0.15) is 0 Å². The predicted molar refractivity (Wildman–Crippen MR) is 236 cm³/mol. The van der Waals surface area contributed by atoms with Gasteiger partial charge in [0.1, 0.15) is 6.61 Å². The van der Waals surface area contributed by atoms with Crippen molar-refractivity contribution in [2.75, 3.05) is 13.2 Å². The number of carbonyl (C=O) groups is 2. The second kappa shape index (κ2) is 42.1. The fourth-order valence-corrected chi connectivity index (χ4v) is 6.86. The van der Waals surface area contributed by atoms with Gasteiger partial charge in [0.05, 0.1) is 12.7 Å². The van der Waals surface area contributed by atoms with Gasteiger partial charge >= 0.3 is 19.8 Å². The zero-order valence-corrected chi connectivity index (χ0v) is 37.2. The highest BCUT2D eigenvalue weighted by Crippen LogP contribution is 2.36. The van der Waals surface area contributed by atoms with Crippen molar-refractivity contribution in [2.45, 2.75) is 225 Å². The number of carbonyl (C=O) groups excluding carboxylic acids is 2. The van der Waals surface area contributed by atoms with Crippen LogP contribution >= 0.6 is 7.82 Å². The van der Waals surface area contributed by atoms with E-state index in [1.807, 2.05) is 18.2 Å². The molecule has 0 rings (SSSR count). The van der Waals surface area contributed by atoms with Gasteiger partial charge in [-0.3, -0.25) is 14.1 Å². The van der Waals surface area contributed by atoms with Crippen LogP contribution in [0.5, 0.6) is 0 Å². The van der Waals surface area contributed by atoms with Crippen molar-refractivity contribution in [3.63, 3.8) is 0 Å². The van der Waals surface area contributed by atoms with Gasteiger partial charge in [0, 0.05) is 12.8 Å². The van der Waals surface area contributed by atoms with Gasteiger partial charge in [0.25, 0.3) is 0 Å². The number of hydrogen-bond acceptors (Lipinski definition) is 7. The van der Waals surface area contributed by atoms with Crippen molar-refractivity contribution in [1.82, 2.24) is 0 Å². The summed E-state index contributed by atoms with van der Waals surface area (Å²) in [6.45, 7) is 3.46. The zero-order valence-electron chi connectivity index (χ0n) is 36.3. The van der Waals surface area contributed by atoms with E-state index >= 15 is 0 Å². The molecule has 0 heterocycles. The Balaban J connectivity index is 3.94. The van der Waals surface area contributed by atoms with Crippen LogP contribution in [0.3, 0.4) is 0 Å². The molecular weight excluding hydrogens is 739 g/mol. The van der Waals surface area contributed by atoms with E-state index in [-0.39, 0.29) is 25.6 Å². The minimum Gasteiger partial charge on any atom is -0.462 e. The number of phosphoric acid groups is 1. The monoisotopic (exact) mass is 825 g/mol. The fraction of sp³-hybridized carbons (Fsp3) is 0.787. The molecule has 57 heavy (non-hydrogen) atoms. The first kappa shape index (κ1) is 55.0. The zero-order chi connectivity index (χ0) is 41.9. The van der Waals surface area contributed by atoms with Crippen molar-refractivity contribution in [3.05, 3.63) is 48.6 Å². The van der Waals surface area contributed by atoms with Crippen molar-refractivity contribution in [3.8, 4) is 0 Å². The molecule has 0 aromatic rings. The Morgan fingerprint density at radius 2 is 0.947 bits per heavy atom. The minimum atomic E-state index is -4.78. The molecule has 0 bridgehead atoms. The summed E-state index contributed by atoms with van der Waals surface area (Å²) in [5, 5.41) is 9.71. The summed E-state index contributed by atoms with van der Waals surface area (Å²) in [7, 11) is -4.78. The van der Waals surface area contributed by atoms with Crippen LogP contribution in [-0.2, 0) is 28.2 Å². The molecule has 0 aromatic carbocycles. The molecule has 0 aliphatic heterocycles. The Morgan fingerprint density at radius 3 is 1.40 bits per heavy atom. The molecular formula is C47H85O9P. The van der Waals surface area contributed by atoms with E-state index in [0.717, 1.165) is 51.4 Å². The van der Waals surface area contributed by atoms with E-state index in [2.05, 4.69) is 48.8 Å². The molecule has 1 unspecified atom stereocenters. The SMILES string of the molecule is CCCCCCCCCCCCCCCCCCCCCCCC(=O)O[C@H](COC(=O)CCC/C=C\C/C=C\C/C=C\C/C=C\CC(O)CCC)COP(=O)(O)O. The molecule has 0 spiro atoms. The largest absolute Gasteiger partial charge is 0.469 e. The average molecular weight is 825 g/mol. The Morgan fingerprint density at radius 1 is 0.526 bits per heavy atom. The third-order valence-corrected chi connectivity index (χ3v) is 10.4. The number of phosphoric ester groups is 1. The van der Waals surface area contributed by atoms with E-state index in [1.165, 1.54) is 109 Å².